The van der Waals surface area contributed by atoms with E-state index in [0.717, 1.165) is 17.8 Å². The van der Waals surface area contributed by atoms with Crippen molar-refractivity contribution < 1.29 is 4.79 Å². The number of anilines is 1. The molecule has 0 fully saturated rings. The maximum atomic E-state index is 11.8. The van der Waals surface area contributed by atoms with Crippen LogP contribution in [-0.2, 0) is 0 Å². The molecule has 0 aromatic carbocycles. The van der Waals surface area contributed by atoms with Gasteiger partial charge in [0.1, 0.15) is 0 Å². The Morgan fingerprint density at radius 3 is 3.00 bits per heavy atom. The maximum absolute atomic E-state index is 11.8. The topological polar surface area (TPSA) is 55.1 Å². The van der Waals surface area contributed by atoms with Gasteiger partial charge in [0, 0.05) is 17.1 Å². The fourth-order valence-corrected chi connectivity index (χ4v) is 2.85. The molecule has 0 saturated heterocycles. The molecular formula is C13H18N2OS. The molecule has 1 amide bonds. The summed E-state index contributed by atoms with van der Waals surface area (Å²) in [6.07, 6.45) is 6.93. The van der Waals surface area contributed by atoms with Gasteiger partial charge in [-0.3, -0.25) is 4.79 Å². The second-order valence-corrected chi connectivity index (χ2v) is 5.64. The van der Waals surface area contributed by atoms with Gasteiger partial charge in [0.25, 0.3) is 5.91 Å². The molecule has 0 radical (unpaired) electrons. The van der Waals surface area contributed by atoms with Gasteiger partial charge in [0.2, 0.25) is 0 Å². The number of nitrogen functional groups attached to an aromatic ring is 1. The molecule has 3 N–H and O–H groups in total. The number of carbonyl (C=O) groups excluding carboxylic acids is 1. The van der Waals surface area contributed by atoms with E-state index in [1.807, 2.05) is 6.92 Å². The van der Waals surface area contributed by atoms with Crippen LogP contribution in [0, 0.1) is 6.92 Å². The SMILES string of the molecule is Cc1sc(C(=O)NCCC2=CCCC2)cc1N. The van der Waals surface area contributed by atoms with Crippen LogP contribution in [0.25, 0.3) is 0 Å². The Bertz CT molecular complexity index is 429. The van der Waals surface area contributed by atoms with Crippen LogP contribution in [0.3, 0.4) is 0 Å². The van der Waals surface area contributed by atoms with Gasteiger partial charge in [0.05, 0.1) is 4.88 Å². The van der Waals surface area contributed by atoms with Crippen molar-refractivity contribution in [3.05, 3.63) is 27.5 Å². The summed E-state index contributed by atoms with van der Waals surface area (Å²) in [4.78, 5) is 13.5. The molecule has 4 heteroatoms. The molecule has 1 aliphatic carbocycles. The Kier molecular flexibility index (Phi) is 3.84. The number of rotatable bonds is 4. The van der Waals surface area contributed by atoms with Crippen LogP contribution >= 0.6 is 11.3 Å². The summed E-state index contributed by atoms with van der Waals surface area (Å²) in [5.74, 6) is -0.00611. The van der Waals surface area contributed by atoms with E-state index in [0.29, 0.717) is 10.6 Å². The van der Waals surface area contributed by atoms with Gasteiger partial charge in [-0.25, -0.2) is 0 Å². The molecule has 3 nitrogen and oxygen atoms in total. The second-order valence-electron chi connectivity index (χ2n) is 4.38. The van der Waals surface area contributed by atoms with Crippen molar-refractivity contribution in [2.75, 3.05) is 12.3 Å². The Morgan fingerprint density at radius 1 is 1.59 bits per heavy atom. The highest BCUT2D eigenvalue weighted by molar-refractivity contribution is 7.14. The van der Waals surface area contributed by atoms with E-state index in [4.69, 9.17) is 5.73 Å². The molecule has 0 bridgehead atoms. The fraction of sp³-hybridized carbons (Fsp3) is 0.462. The minimum Gasteiger partial charge on any atom is -0.398 e. The smallest absolute Gasteiger partial charge is 0.261 e. The molecule has 1 heterocycles. The minimum absolute atomic E-state index is 0.00611. The maximum Gasteiger partial charge on any atom is 0.261 e. The highest BCUT2D eigenvalue weighted by Gasteiger charge is 2.11. The van der Waals surface area contributed by atoms with Crippen LogP contribution in [0.4, 0.5) is 5.69 Å². The average molecular weight is 250 g/mol. The van der Waals surface area contributed by atoms with Crippen LogP contribution in [-0.4, -0.2) is 12.5 Å². The number of allylic oxidation sites excluding steroid dienone is 1. The predicted octanol–water partition coefficient (Wildman–Crippen LogP) is 2.87. The third kappa shape index (κ3) is 3.09. The van der Waals surface area contributed by atoms with Crippen molar-refractivity contribution in [3.8, 4) is 0 Å². The standard InChI is InChI=1S/C13H18N2OS/c1-9-11(14)8-12(17-9)13(16)15-7-6-10-4-2-3-5-10/h4,8H,2-3,5-7,14H2,1H3,(H,15,16). The lowest BCUT2D eigenvalue weighted by Crippen LogP contribution is -2.23. The lowest BCUT2D eigenvalue weighted by atomic mass is 10.2. The van der Waals surface area contributed by atoms with E-state index in [-0.39, 0.29) is 5.91 Å². The molecule has 92 valence electrons. The van der Waals surface area contributed by atoms with Crippen LogP contribution < -0.4 is 11.1 Å². The van der Waals surface area contributed by atoms with Gasteiger partial charge in [-0.1, -0.05) is 11.6 Å². The normalized spacial score (nSPS) is 14.8. The third-order valence-electron chi connectivity index (χ3n) is 3.05. The summed E-state index contributed by atoms with van der Waals surface area (Å²) in [6.45, 7) is 2.65. The van der Waals surface area contributed by atoms with Crippen molar-refractivity contribution in [3.63, 3.8) is 0 Å². The highest BCUT2D eigenvalue weighted by atomic mass is 32.1. The molecule has 2 rings (SSSR count). The van der Waals surface area contributed by atoms with Crippen LogP contribution in [0.15, 0.2) is 17.7 Å². The van der Waals surface area contributed by atoms with Crippen molar-refractivity contribution in [1.82, 2.24) is 5.32 Å². The van der Waals surface area contributed by atoms with Crippen LogP contribution in [0.2, 0.25) is 0 Å². The average Bonchev–Trinajstić information content (AvgIpc) is 2.90. The number of nitrogens with two attached hydrogens (primary N) is 1. The highest BCUT2D eigenvalue weighted by Crippen LogP contribution is 2.23. The van der Waals surface area contributed by atoms with Crippen LogP contribution in [0.1, 0.15) is 40.2 Å². The first-order valence-electron chi connectivity index (χ1n) is 5.99. The molecule has 0 aliphatic heterocycles. The van der Waals surface area contributed by atoms with Crippen molar-refractivity contribution in [2.24, 2.45) is 0 Å². The Morgan fingerprint density at radius 2 is 2.41 bits per heavy atom. The number of hydrogen-bond donors (Lipinski definition) is 2. The monoisotopic (exact) mass is 250 g/mol. The van der Waals surface area contributed by atoms with E-state index in [9.17, 15) is 4.79 Å². The summed E-state index contributed by atoms with van der Waals surface area (Å²) in [5, 5.41) is 2.94. The van der Waals surface area contributed by atoms with Crippen molar-refractivity contribution in [2.45, 2.75) is 32.6 Å². The Hall–Kier alpha value is -1.29. The van der Waals surface area contributed by atoms with Crippen LogP contribution in [0.5, 0.6) is 0 Å². The second kappa shape index (κ2) is 5.36. The van der Waals surface area contributed by atoms with Crippen molar-refractivity contribution >= 4 is 22.9 Å². The summed E-state index contributed by atoms with van der Waals surface area (Å²) in [7, 11) is 0. The molecule has 1 aromatic rings. The van der Waals surface area contributed by atoms with Gasteiger partial charge < -0.3 is 11.1 Å². The molecule has 1 aromatic heterocycles. The lowest BCUT2D eigenvalue weighted by Gasteiger charge is -2.04. The largest absolute Gasteiger partial charge is 0.398 e. The van der Waals surface area contributed by atoms with Gasteiger partial charge in [0.15, 0.2) is 0 Å². The zero-order chi connectivity index (χ0) is 12.3. The van der Waals surface area contributed by atoms with E-state index < -0.39 is 0 Å². The van der Waals surface area contributed by atoms with E-state index >= 15 is 0 Å². The molecule has 0 unspecified atom stereocenters. The van der Waals surface area contributed by atoms with Gasteiger partial charge >= 0.3 is 0 Å². The Labute approximate surface area is 106 Å². The van der Waals surface area contributed by atoms with Gasteiger partial charge in [-0.15, -0.1) is 11.3 Å². The quantitative estimate of drug-likeness (QED) is 0.807. The Balaban J connectivity index is 1.81. The first kappa shape index (κ1) is 12.2. The summed E-state index contributed by atoms with van der Waals surface area (Å²) >= 11 is 1.45. The summed E-state index contributed by atoms with van der Waals surface area (Å²) < 4.78 is 0. The first-order chi connectivity index (χ1) is 8.16. The first-order valence-corrected chi connectivity index (χ1v) is 6.80. The van der Waals surface area contributed by atoms with E-state index in [2.05, 4.69) is 11.4 Å². The number of thiophene rings is 1. The van der Waals surface area contributed by atoms with Gasteiger partial charge in [-0.2, -0.15) is 0 Å². The number of amides is 1. The predicted molar refractivity (Wildman–Crippen MR) is 72.4 cm³/mol. The number of hydrogen-bond acceptors (Lipinski definition) is 3. The molecule has 0 spiro atoms. The van der Waals surface area contributed by atoms with E-state index in [1.54, 1.807) is 6.07 Å². The number of carbonyl (C=O) groups is 1. The molecular weight excluding hydrogens is 232 g/mol. The zero-order valence-corrected chi connectivity index (χ0v) is 10.9. The summed E-state index contributed by atoms with van der Waals surface area (Å²) in [5.41, 5.74) is 7.91. The van der Waals surface area contributed by atoms with Crippen molar-refractivity contribution in [1.29, 1.82) is 0 Å². The van der Waals surface area contributed by atoms with E-state index in [1.165, 1.54) is 36.2 Å². The number of nitrogens with one attached hydrogen (secondary N) is 1. The molecule has 0 saturated carbocycles. The minimum atomic E-state index is -0.00611. The number of aryl methyl sites for hydroxylation is 1. The summed E-state index contributed by atoms with van der Waals surface area (Å²) in [6, 6.07) is 1.75. The molecule has 1 aliphatic rings. The van der Waals surface area contributed by atoms with Gasteiger partial charge in [-0.05, 0) is 38.7 Å². The lowest BCUT2D eigenvalue weighted by molar-refractivity contribution is 0.0958. The zero-order valence-electron chi connectivity index (χ0n) is 10.1. The molecule has 17 heavy (non-hydrogen) atoms. The molecule has 0 atom stereocenters. The third-order valence-corrected chi connectivity index (χ3v) is 4.11. The fourth-order valence-electron chi connectivity index (χ4n) is 2.00.